The molecule has 0 amide bonds. The van der Waals surface area contributed by atoms with Crippen LogP contribution in [0.5, 0.6) is 0 Å². The van der Waals surface area contributed by atoms with E-state index in [-0.39, 0.29) is 6.07 Å². The number of pyridine rings is 1. The zero-order chi connectivity index (χ0) is 14.8. The Hall–Kier alpha value is -1.80. The van der Waals surface area contributed by atoms with E-state index in [4.69, 9.17) is 0 Å². The molecule has 0 saturated heterocycles. The molecule has 0 fully saturated rings. The second kappa shape index (κ2) is 5.45. The van der Waals surface area contributed by atoms with Crippen molar-refractivity contribution in [1.29, 1.82) is 0 Å². The van der Waals surface area contributed by atoms with Gasteiger partial charge in [-0.2, -0.15) is 17.6 Å². The molecule has 0 aliphatic rings. The molecule has 0 unspecified atom stereocenters. The van der Waals surface area contributed by atoms with Crippen molar-refractivity contribution in [2.45, 2.75) is 19.0 Å². The van der Waals surface area contributed by atoms with Gasteiger partial charge in [-0.15, -0.1) is 0 Å². The molecule has 1 aromatic heterocycles. The number of alkyl halides is 5. The number of methoxy groups -OCH3 is 1. The minimum Gasteiger partial charge on any atom is -0.469 e. The van der Waals surface area contributed by atoms with E-state index in [9.17, 15) is 31.1 Å². The molecule has 0 saturated carbocycles. The summed E-state index contributed by atoms with van der Waals surface area (Å²) >= 11 is 0. The van der Waals surface area contributed by atoms with Crippen molar-refractivity contribution in [1.82, 2.24) is 4.98 Å². The second-order valence-corrected chi connectivity index (χ2v) is 3.42. The number of halogens is 6. The lowest BCUT2D eigenvalue weighted by Gasteiger charge is -2.14. The normalized spacial score (nSPS) is 11.8. The average molecular weight is 287 g/mol. The molecule has 106 valence electrons. The molecule has 3 nitrogen and oxygen atoms in total. The third-order valence-electron chi connectivity index (χ3n) is 2.14. The van der Waals surface area contributed by atoms with Gasteiger partial charge in [0, 0.05) is 0 Å². The first kappa shape index (κ1) is 15.3. The summed E-state index contributed by atoms with van der Waals surface area (Å²) in [6.07, 6.45) is -9.60. The molecule has 0 atom stereocenters. The van der Waals surface area contributed by atoms with Crippen molar-refractivity contribution >= 4 is 5.97 Å². The van der Waals surface area contributed by atoms with E-state index < -0.39 is 47.8 Å². The van der Waals surface area contributed by atoms with Crippen molar-refractivity contribution in [2.24, 2.45) is 0 Å². The van der Waals surface area contributed by atoms with Crippen LogP contribution in [0.2, 0.25) is 0 Å². The molecular formula is C10H7F6NO2. The fourth-order valence-electron chi connectivity index (χ4n) is 1.33. The van der Waals surface area contributed by atoms with Gasteiger partial charge in [-0.05, 0) is 6.07 Å². The SMILES string of the molecule is COC(=O)Cc1cc(C(F)(F)F)c(C(F)F)c(F)n1. The monoisotopic (exact) mass is 287 g/mol. The number of hydrogen-bond donors (Lipinski definition) is 0. The van der Waals surface area contributed by atoms with Crippen LogP contribution in [0.3, 0.4) is 0 Å². The van der Waals surface area contributed by atoms with E-state index in [1.165, 1.54) is 0 Å². The lowest BCUT2D eigenvalue weighted by molar-refractivity contribution is -0.141. The van der Waals surface area contributed by atoms with E-state index in [0.29, 0.717) is 0 Å². The number of ether oxygens (including phenoxy) is 1. The molecule has 9 heteroatoms. The first-order valence-corrected chi connectivity index (χ1v) is 4.78. The summed E-state index contributed by atoms with van der Waals surface area (Å²) in [5.74, 6) is -2.92. The van der Waals surface area contributed by atoms with Gasteiger partial charge in [-0.3, -0.25) is 4.79 Å². The minimum absolute atomic E-state index is 0.210. The Morgan fingerprint density at radius 3 is 2.42 bits per heavy atom. The van der Waals surface area contributed by atoms with Gasteiger partial charge in [-0.25, -0.2) is 13.8 Å². The third kappa shape index (κ3) is 3.58. The van der Waals surface area contributed by atoms with Crippen LogP contribution < -0.4 is 0 Å². The summed E-state index contributed by atoms with van der Waals surface area (Å²) in [5.41, 5.74) is -4.32. The fourth-order valence-corrected chi connectivity index (χ4v) is 1.33. The van der Waals surface area contributed by atoms with Crippen molar-refractivity contribution in [3.05, 3.63) is 28.8 Å². The van der Waals surface area contributed by atoms with E-state index in [1.807, 2.05) is 0 Å². The van der Waals surface area contributed by atoms with Gasteiger partial charge in [0.25, 0.3) is 6.43 Å². The van der Waals surface area contributed by atoms with Crippen molar-refractivity contribution in [3.63, 3.8) is 0 Å². The smallest absolute Gasteiger partial charge is 0.417 e. The molecule has 0 radical (unpaired) electrons. The Labute approximate surface area is 103 Å². The van der Waals surface area contributed by atoms with Crippen LogP contribution in [0.4, 0.5) is 26.3 Å². The lowest BCUT2D eigenvalue weighted by Crippen LogP contribution is -2.16. The van der Waals surface area contributed by atoms with Crippen molar-refractivity contribution in [2.75, 3.05) is 7.11 Å². The van der Waals surface area contributed by atoms with Crippen LogP contribution in [-0.2, 0) is 22.1 Å². The topological polar surface area (TPSA) is 39.2 Å². The molecule has 0 bridgehead atoms. The Morgan fingerprint density at radius 2 is 2.00 bits per heavy atom. The first-order valence-electron chi connectivity index (χ1n) is 4.78. The number of carbonyl (C=O) groups excluding carboxylic acids is 1. The summed E-state index contributed by atoms with van der Waals surface area (Å²) < 4.78 is 79.8. The summed E-state index contributed by atoms with van der Waals surface area (Å²) in [7, 11) is 0.969. The number of rotatable bonds is 3. The third-order valence-corrected chi connectivity index (χ3v) is 2.14. The van der Waals surface area contributed by atoms with Gasteiger partial charge in [0.15, 0.2) is 0 Å². The Kier molecular flexibility index (Phi) is 4.38. The minimum atomic E-state index is -5.18. The molecule has 0 aliphatic carbocycles. The molecule has 0 N–H and O–H groups in total. The number of carbonyl (C=O) groups is 1. The molecule has 1 aromatic rings. The maximum atomic E-state index is 13.2. The summed E-state index contributed by atoms with van der Waals surface area (Å²) in [4.78, 5) is 13.8. The lowest BCUT2D eigenvalue weighted by atomic mass is 10.1. The highest BCUT2D eigenvalue weighted by molar-refractivity contribution is 5.71. The number of esters is 1. The average Bonchev–Trinajstić information content (AvgIpc) is 2.26. The van der Waals surface area contributed by atoms with Crippen LogP contribution in [0.15, 0.2) is 6.07 Å². The standard InChI is InChI=1S/C10H7F6NO2/c1-19-6(18)3-4-2-5(10(14,15)16)7(8(11)12)9(13)17-4/h2,8H,3H2,1H3. The summed E-state index contributed by atoms with van der Waals surface area (Å²) in [6, 6.07) is 0.210. The first-order chi connectivity index (χ1) is 8.66. The summed E-state index contributed by atoms with van der Waals surface area (Å²) in [6.45, 7) is 0. The predicted octanol–water partition coefficient (Wildman–Crippen LogP) is 2.89. The molecule has 19 heavy (non-hydrogen) atoms. The van der Waals surface area contributed by atoms with Crippen molar-refractivity contribution in [3.8, 4) is 0 Å². The fraction of sp³-hybridized carbons (Fsp3) is 0.400. The van der Waals surface area contributed by atoms with Gasteiger partial charge in [0.05, 0.1) is 30.4 Å². The van der Waals surface area contributed by atoms with Crippen LogP contribution in [-0.4, -0.2) is 18.1 Å². The molecule has 1 heterocycles. The van der Waals surface area contributed by atoms with Crippen LogP contribution in [0, 0.1) is 5.95 Å². The van der Waals surface area contributed by atoms with E-state index >= 15 is 0 Å². The Morgan fingerprint density at radius 1 is 1.42 bits per heavy atom. The second-order valence-electron chi connectivity index (χ2n) is 3.42. The molecular weight excluding hydrogens is 280 g/mol. The number of aromatic nitrogens is 1. The van der Waals surface area contributed by atoms with Crippen LogP contribution >= 0.6 is 0 Å². The highest BCUT2D eigenvalue weighted by Gasteiger charge is 2.38. The highest BCUT2D eigenvalue weighted by atomic mass is 19.4. The summed E-state index contributed by atoms with van der Waals surface area (Å²) in [5, 5.41) is 0. The maximum Gasteiger partial charge on any atom is 0.417 e. The van der Waals surface area contributed by atoms with Gasteiger partial charge in [-0.1, -0.05) is 0 Å². The van der Waals surface area contributed by atoms with Crippen LogP contribution in [0.1, 0.15) is 23.2 Å². The van der Waals surface area contributed by atoms with Gasteiger partial charge < -0.3 is 4.74 Å². The maximum absolute atomic E-state index is 13.2. The predicted molar refractivity (Wildman–Crippen MR) is 49.9 cm³/mol. The van der Waals surface area contributed by atoms with Gasteiger partial charge in [0.2, 0.25) is 5.95 Å². The van der Waals surface area contributed by atoms with Gasteiger partial charge >= 0.3 is 12.1 Å². The zero-order valence-electron chi connectivity index (χ0n) is 9.39. The van der Waals surface area contributed by atoms with Crippen LogP contribution in [0.25, 0.3) is 0 Å². The highest BCUT2D eigenvalue weighted by Crippen LogP contribution is 2.37. The molecule has 0 spiro atoms. The molecule has 0 aromatic carbocycles. The van der Waals surface area contributed by atoms with E-state index in [0.717, 1.165) is 7.11 Å². The molecule has 1 rings (SSSR count). The molecule has 0 aliphatic heterocycles. The largest absolute Gasteiger partial charge is 0.469 e. The Bertz CT molecular complexity index is 486. The zero-order valence-corrected chi connectivity index (χ0v) is 9.39. The number of nitrogens with zero attached hydrogens (tertiary/aromatic N) is 1. The van der Waals surface area contributed by atoms with E-state index in [2.05, 4.69) is 9.72 Å². The Balaban J connectivity index is 3.35. The van der Waals surface area contributed by atoms with Gasteiger partial charge in [0.1, 0.15) is 0 Å². The quantitative estimate of drug-likeness (QED) is 0.487. The van der Waals surface area contributed by atoms with Crippen molar-refractivity contribution < 1.29 is 35.9 Å². The number of hydrogen-bond acceptors (Lipinski definition) is 3. The van der Waals surface area contributed by atoms with E-state index in [1.54, 1.807) is 0 Å².